The highest BCUT2D eigenvalue weighted by Gasteiger charge is 2.12. The van der Waals surface area contributed by atoms with Crippen LogP contribution in [0.1, 0.15) is 17.5 Å². The molecule has 0 unspecified atom stereocenters. The molecule has 3 rings (SSSR count). The van der Waals surface area contributed by atoms with E-state index in [4.69, 9.17) is 0 Å². The van der Waals surface area contributed by atoms with Crippen LogP contribution in [0.2, 0.25) is 0 Å². The van der Waals surface area contributed by atoms with Gasteiger partial charge in [0.25, 0.3) is 5.91 Å². The number of nitrogens with zero attached hydrogens (tertiary/aromatic N) is 5. The van der Waals surface area contributed by atoms with Gasteiger partial charge < -0.3 is 4.57 Å². The van der Waals surface area contributed by atoms with E-state index in [2.05, 4.69) is 20.5 Å². The lowest BCUT2D eigenvalue weighted by Crippen LogP contribution is -2.13. The van der Waals surface area contributed by atoms with Gasteiger partial charge in [-0.1, -0.05) is 30.4 Å². The Hall–Kier alpha value is -3.31. The lowest BCUT2D eigenvalue weighted by molar-refractivity contribution is -0.112. The summed E-state index contributed by atoms with van der Waals surface area (Å²) in [5.74, 6) is -0.500. The summed E-state index contributed by atoms with van der Waals surface area (Å²) in [7, 11) is 0. The molecule has 124 valence electrons. The Bertz CT molecular complexity index is 934. The lowest BCUT2D eigenvalue weighted by Gasteiger charge is -2.03. The molecule has 0 fully saturated rings. The fourth-order valence-corrected chi connectivity index (χ4v) is 2.76. The minimum Gasteiger partial charge on any atom is -0.306 e. The molecule has 0 bridgehead atoms. The van der Waals surface area contributed by atoms with Crippen molar-refractivity contribution in [2.45, 2.75) is 13.3 Å². The number of nitrogens with one attached hydrogen (secondary N) is 1. The van der Waals surface area contributed by atoms with E-state index >= 15 is 0 Å². The Balaban J connectivity index is 1.75. The Morgan fingerprint density at radius 1 is 1.36 bits per heavy atom. The minimum atomic E-state index is -0.500. The molecule has 0 aliphatic rings. The maximum Gasteiger partial charge on any atom is 0.268 e. The second-order valence-electron chi connectivity index (χ2n) is 5.04. The van der Waals surface area contributed by atoms with Crippen LogP contribution in [0.3, 0.4) is 0 Å². The van der Waals surface area contributed by atoms with Gasteiger partial charge >= 0.3 is 0 Å². The maximum absolute atomic E-state index is 12.2. The number of nitriles is 1. The number of imidazole rings is 1. The summed E-state index contributed by atoms with van der Waals surface area (Å²) in [5, 5.41) is 20.9. The van der Waals surface area contributed by atoms with Crippen LogP contribution in [0.25, 0.3) is 11.8 Å². The highest BCUT2D eigenvalue weighted by atomic mass is 32.1. The zero-order valence-corrected chi connectivity index (χ0v) is 14.2. The summed E-state index contributed by atoms with van der Waals surface area (Å²) in [4.78, 5) is 16.2. The van der Waals surface area contributed by atoms with Crippen LogP contribution in [0.4, 0.5) is 5.13 Å². The van der Waals surface area contributed by atoms with E-state index < -0.39 is 5.91 Å². The van der Waals surface area contributed by atoms with Crippen LogP contribution in [-0.2, 0) is 11.2 Å². The molecule has 1 amide bonds. The predicted octanol–water partition coefficient (Wildman–Crippen LogP) is 2.83. The lowest BCUT2D eigenvalue weighted by atomic mass is 10.1. The van der Waals surface area contributed by atoms with Crippen LogP contribution in [-0.4, -0.2) is 25.7 Å². The SMILES string of the molecule is CCc1nnc(NC(=O)/C(C#N)=C/c2ccc(-n3ccnc3)cc2)s1. The van der Waals surface area contributed by atoms with Gasteiger partial charge in [-0.05, 0) is 30.2 Å². The van der Waals surface area contributed by atoms with Crippen LogP contribution in [0.5, 0.6) is 0 Å². The number of rotatable bonds is 5. The van der Waals surface area contributed by atoms with Gasteiger partial charge in [0, 0.05) is 18.1 Å². The predicted molar refractivity (Wildman–Crippen MR) is 95.1 cm³/mol. The molecule has 0 saturated heterocycles. The van der Waals surface area contributed by atoms with Crippen LogP contribution in [0, 0.1) is 11.3 Å². The van der Waals surface area contributed by atoms with Crippen molar-refractivity contribution in [3.05, 3.63) is 59.1 Å². The van der Waals surface area contributed by atoms with Gasteiger partial charge in [0.1, 0.15) is 16.6 Å². The number of anilines is 1. The van der Waals surface area contributed by atoms with E-state index in [1.807, 2.05) is 48.0 Å². The number of aromatic nitrogens is 4. The summed E-state index contributed by atoms with van der Waals surface area (Å²) in [6.45, 7) is 1.96. The second-order valence-corrected chi connectivity index (χ2v) is 6.10. The number of carbonyl (C=O) groups excluding carboxylic acids is 1. The fraction of sp³-hybridized carbons (Fsp3) is 0.118. The standard InChI is InChI=1S/C17H14N6OS/c1-2-15-21-22-17(25-15)20-16(24)13(10-18)9-12-3-5-14(6-4-12)23-8-7-19-11-23/h3-9,11H,2H2,1H3,(H,20,22,24)/b13-9+. The molecule has 0 radical (unpaired) electrons. The van der Waals surface area contributed by atoms with E-state index in [1.165, 1.54) is 17.4 Å². The number of carbonyl (C=O) groups is 1. The van der Waals surface area contributed by atoms with Crippen molar-refractivity contribution >= 4 is 28.5 Å². The van der Waals surface area contributed by atoms with Crippen molar-refractivity contribution in [3.63, 3.8) is 0 Å². The second kappa shape index (κ2) is 7.51. The molecule has 0 aliphatic carbocycles. The third kappa shape index (κ3) is 3.97. The van der Waals surface area contributed by atoms with Gasteiger partial charge in [0.05, 0.1) is 6.33 Å². The normalized spacial score (nSPS) is 11.1. The van der Waals surface area contributed by atoms with Gasteiger partial charge in [-0.3, -0.25) is 10.1 Å². The van der Waals surface area contributed by atoms with Crippen LogP contribution < -0.4 is 5.32 Å². The molecule has 7 nitrogen and oxygen atoms in total. The molecular weight excluding hydrogens is 336 g/mol. The van der Waals surface area contributed by atoms with Crippen LogP contribution >= 0.6 is 11.3 Å². The molecule has 3 aromatic rings. The van der Waals surface area contributed by atoms with E-state index in [0.717, 1.165) is 22.7 Å². The van der Waals surface area contributed by atoms with Crippen molar-refractivity contribution in [1.29, 1.82) is 5.26 Å². The largest absolute Gasteiger partial charge is 0.306 e. The topological polar surface area (TPSA) is 96.5 Å². The highest BCUT2D eigenvalue weighted by molar-refractivity contribution is 7.15. The highest BCUT2D eigenvalue weighted by Crippen LogP contribution is 2.17. The Labute approximate surface area is 148 Å². The van der Waals surface area contributed by atoms with Gasteiger partial charge in [-0.2, -0.15) is 5.26 Å². The Morgan fingerprint density at radius 2 is 2.16 bits per heavy atom. The van der Waals surface area contributed by atoms with Crippen molar-refractivity contribution < 1.29 is 4.79 Å². The molecule has 2 aromatic heterocycles. The zero-order chi connectivity index (χ0) is 17.6. The van der Waals surface area contributed by atoms with Gasteiger partial charge in [-0.15, -0.1) is 10.2 Å². The third-order valence-corrected chi connectivity index (χ3v) is 4.34. The van der Waals surface area contributed by atoms with E-state index in [-0.39, 0.29) is 5.57 Å². The van der Waals surface area contributed by atoms with E-state index in [0.29, 0.717) is 5.13 Å². The quantitative estimate of drug-likeness (QED) is 0.564. The molecule has 8 heteroatoms. The first-order valence-electron chi connectivity index (χ1n) is 7.53. The molecular formula is C17H14N6OS. The van der Waals surface area contributed by atoms with Crippen molar-refractivity contribution in [2.75, 3.05) is 5.32 Å². The number of hydrogen-bond donors (Lipinski definition) is 1. The third-order valence-electron chi connectivity index (χ3n) is 3.36. The Morgan fingerprint density at radius 3 is 2.76 bits per heavy atom. The molecule has 0 saturated carbocycles. The molecule has 0 atom stereocenters. The summed E-state index contributed by atoms with van der Waals surface area (Å²) < 4.78 is 1.87. The number of aryl methyl sites for hydroxylation is 1. The first kappa shape index (κ1) is 16.5. The fourth-order valence-electron chi connectivity index (χ4n) is 2.08. The van der Waals surface area contributed by atoms with E-state index in [9.17, 15) is 10.1 Å². The smallest absolute Gasteiger partial charge is 0.268 e. The maximum atomic E-state index is 12.2. The first-order valence-corrected chi connectivity index (χ1v) is 8.35. The molecule has 2 heterocycles. The van der Waals surface area contributed by atoms with E-state index in [1.54, 1.807) is 12.5 Å². The van der Waals surface area contributed by atoms with Gasteiger partial charge in [0.2, 0.25) is 5.13 Å². The average molecular weight is 350 g/mol. The average Bonchev–Trinajstić information content (AvgIpc) is 3.32. The van der Waals surface area contributed by atoms with Crippen molar-refractivity contribution in [2.24, 2.45) is 0 Å². The molecule has 1 aromatic carbocycles. The zero-order valence-electron chi connectivity index (χ0n) is 13.4. The summed E-state index contributed by atoms with van der Waals surface area (Å²) in [6.07, 6.45) is 7.52. The summed E-state index contributed by atoms with van der Waals surface area (Å²) in [5.41, 5.74) is 1.70. The summed E-state index contributed by atoms with van der Waals surface area (Å²) >= 11 is 1.30. The Kier molecular flexibility index (Phi) is 4.97. The van der Waals surface area contributed by atoms with Crippen molar-refractivity contribution in [3.8, 4) is 11.8 Å². The van der Waals surface area contributed by atoms with Gasteiger partial charge in [-0.25, -0.2) is 4.98 Å². The van der Waals surface area contributed by atoms with Gasteiger partial charge in [0.15, 0.2) is 0 Å². The monoisotopic (exact) mass is 350 g/mol. The number of benzene rings is 1. The molecule has 25 heavy (non-hydrogen) atoms. The van der Waals surface area contributed by atoms with Crippen molar-refractivity contribution in [1.82, 2.24) is 19.7 Å². The number of hydrogen-bond acceptors (Lipinski definition) is 6. The number of amides is 1. The minimum absolute atomic E-state index is 0.00336. The molecule has 0 spiro atoms. The van der Waals surface area contributed by atoms with Crippen LogP contribution in [0.15, 0.2) is 48.6 Å². The molecule has 1 N–H and O–H groups in total. The summed E-state index contributed by atoms with van der Waals surface area (Å²) in [6, 6.07) is 9.37. The molecule has 0 aliphatic heterocycles. The first-order chi connectivity index (χ1) is 12.2.